The highest BCUT2D eigenvalue weighted by atomic mass is 27.1. The Morgan fingerprint density at radius 1 is 0.481 bits per heavy atom. The van der Waals surface area contributed by atoms with Gasteiger partial charge < -0.3 is 7.95 Å². The molecule has 0 saturated heterocycles. The van der Waals surface area contributed by atoms with Crippen LogP contribution in [0.4, 0.5) is 0 Å². The van der Waals surface area contributed by atoms with Crippen LogP contribution in [0.5, 0.6) is 0 Å². The first-order chi connectivity index (χ1) is 13.3. The van der Waals surface area contributed by atoms with E-state index in [0.29, 0.717) is 0 Å². The second-order valence-corrected chi connectivity index (χ2v) is 7.81. The first-order valence-electron chi connectivity index (χ1n) is 9.19. The standard InChI is InChI=1S/C24H13N2.Al/c1-3-10-18-16(7-1)22-19(25-18)12-13-21-23(22)17-9-5-8-15-14-6-2-4-11-20(14)26(21)24(15)17;/h1-13H;/q-1;+1. The Labute approximate surface area is 163 Å². The van der Waals surface area contributed by atoms with E-state index in [0.717, 1.165) is 0 Å². The lowest BCUT2D eigenvalue weighted by Crippen LogP contribution is -1.89. The van der Waals surface area contributed by atoms with Crippen molar-refractivity contribution in [2.45, 2.75) is 0 Å². The van der Waals surface area contributed by atoms with Crippen molar-refractivity contribution in [3.8, 4) is 0 Å². The quantitative estimate of drug-likeness (QED) is 0.300. The van der Waals surface area contributed by atoms with Crippen LogP contribution in [0.25, 0.3) is 59.9 Å². The number of fused-ring (bicyclic) bond motifs is 10. The molecule has 4 aromatic carbocycles. The van der Waals surface area contributed by atoms with E-state index in [9.17, 15) is 0 Å². The highest BCUT2D eigenvalue weighted by molar-refractivity contribution is 6.34. The normalized spacial score (nSPS) is 12.6. The van der Waals surface area contributed by atoms with Crippen LogP contribution in [-0.2, 0) is 0 Å². The van der Waals surface area contributed by atoms with Gasteiger partial charge in [-0.15, -0.1) is 0 Å². The van der Waals surface area contributed by atoms with E-state index in [1.807, 2.05) is 0 Å². The van der Waals surface area contributed by atoms with Crippen molar-refractivity contribution in [3.63, 3.8) is 0 Å². The zero-order valence-electron chi connectivity index (χ0n) is 14.5. The summed E-state index contributed by atoms with van der Waals surface area (Å²) in [7, 11) is 0. The molecule has 0 aliphatic rings. The van der Waals surface area contributed by atoms with Gasteiger partial charge in [-0.05, 0) is 24.3 Å². The molecule has 0 spiro atoms. The van der Waals surface area contributed by atoms with Crippen molar-refractivity contribution in [2.24, 2.45) is 0 Å². The summed E-state index contributed by atoms with van der Waals surface area (Å²) in [6.07, 6.45) is 0. The second-order valence-electron chi connectivity index (χ2n) is 7.30. The molecule has 0 aliphatic heterocycles. The van der Waals surface area contributed by atoms with E-state index >= 15 is 0 Å². The van der Waals surface area contributed by atoms with Gasteiger partial charge in [0, 0.05) is 43.4 Å². The van der Waals surface area contributed by atoms with Crippen molar-refractivity contribution in [1.29, 1.82) is 0 Å². The molecule has 0 N–H and O–H groups in total. The maximum absolute atomic E-state index is 2.88. The number of hydrogen-bond acceptors (Lipinski definition) is 0. The van der Waals surface area contributed by atoms with Gasteiger partial charge in [-0.2, -0.15) is 0 Å². The summed E-state index contributed by atoms with van der Waals surface area (Å²) >= 11 is 2.88. The number of benzene rings is 4. The SMILES string of the molecule is [Al][n]1c2ccccc2c2c3c4cccc5c6ccccc6n(c3ccc21)c54. The van der Waals surface area contributed by atoms with E-state index in [1.165, 1.54) is 59.9 Å². The Bertz CT molecular complexity index is 1680. The largest absolute Gasteiger partial charge is 0.452 e. The maximum Gasteiger partial charge on any atom is 0.318 e. The van der Waals surface area contributed by atoms with Gasteiger partial charge in [0.2, 0.25) is 0 Å². The molecule has 3 heterocycles. The van der Waals surface area contributed by atoms with Crippen LogP contribution >= 0.6 is 0 Å². The Morgan fingerprint density at radius 3 is 2.00 bits per heavy atom. The maximum atomic E-state index is 2.88. The van der Waals surface area contributed by atoms with Gasteiger partial charge in [0.15, 0.2) is 0 Å². The fraction of sp³-hybridized carbons (Fsp3) is 0. The Morgan fingerprint density at radius 2 is 1.11 bits per heavy atom. The van der Waals surface area contributed by atoms with Gasteiger partial charge in [0.05, 0.1) is 16.6 Å². The van der Waals surface area contributed by atoms with Crippen LogP contribution in [0.1, 0.15) is 0 Å². The molecule has 0 bridgehead atoms. The molecule has 0 aliphatic carbocycles. The van der Waals surface area contributed by atoms with Crippen molar-refractivity contribution in [3.05, 3.63) is 78.9 Å². The first kappa shape index (κ1) is 14.1. The van der Waals surface area contributed by atoms with Gasteiger partial charge in [-0.1, -0.05) is 54.6 Å². The molecule has 2 radical (unpaired) electrons. The summed E-state index contributed by atoms with van der Waals surface area (Å²) in [5.74, 6) is 0. The zero-order chi connectivity index (χ0) is 17.7. The topological polar surface area (TPSA) is 9.34 Å². The minimum atomic E-state index is 1.25. The van der Waals surface area contributed by atoms with E-state index in [-0.39, 0.29) is 0 Å². The third-order valence-electron chi connectivity index (χ3n) is 6.06. The summed E-state index contributed by atoms with van der Waals surface area (Å²) in [5, 5.41) is 8.02. The summed E-state index contributed by atoms with van der Waals surface area (Å²) in [5.41, 5.74) is 6.41. The van der Waals surface area contributed by atoms with Crippen LogP contribution in [0, 0.1) is 0 Å². The zero-order valence-corrected chi connectivity index (χ0v) is 15.6. The highest BCUT2D eigenvalue weighted by Gasteiger charge is 2.20. The summed E-state index contributed by atoms with van der Waals surface area (Å²) < 4.78 is 4.68. The molecule has 27 heavy (non-hydrogen) atoms. The number of rotatable bonds is 0. The predicted molar refractivity (Wildman–Crippen MR) is 115 cm³/mol. The average molecular weight is 356 g/mol. The van der Waals surface area contributed by atoms with E-state index in [2.05, 4.69) is 103 Å². The Hall–Kier alpha value is -2.99. The predicted octanol–water partition coefficient (Wildman–Crippen LogP) is 5.88. The van der Waals surface area contributed by atoms with Crippen molar-refractivity contribution < 1.29 is 0 Å². The minimum Gasteiger partial charge on any atom is -0.452 e. The summed E-state index contributed by atoms with van der Waals surface area (Å²) in [6, 6.07) is 28.7. The third-order valence-corrected chi connectivity index (χ3v) is 6.62. The third kappa shape index (κ3) is 1.51. The molecular formula is C24H13AlN2. The van der Waals surface area contributed by atoms with Crippen molar-refractivity contribution in [1.82, 2.24) is 7.95 Å². The van der Waals surface area contributed by atoms with E-state index in [1.54, 1.807) is 0 Å². The molecule has 0 fully saturated rings. The number of para-hydroxylation sites is 3. The van der Waals surface area contributed by atoms with Crippen molar-refractivity contribution in [2.75, 3.05) is 0 Å². The summed E-state index contributed by atoms with van der Waals surface area (Å²) in [4.78, 5) is 0. The number of aromatic nitrogens is 2. The molecule has 122 valence electrons. The number of hydrogen-bond donors (Lipinski definition) is 0. The Balaban J connectivity index is 1.91. The lowest BCUT2D eigenvalue weighted by atomic mass is 10.0. The van der Waals surface area contributed by atoms with Crippen molar-refractivity contribution >= 4 is 76.4 Å². The monoisotopic (exact) mass is 356 g/mol. The fourth-order valence-corrected chi connectivity index (χ4v) is 5.45. The molecule has 3 aromatic heterocycles. The molecule has 2 nitrogen and oxygen atoms in total. The lowest BCUT2D eigenvalue weighted by molar-refractivity contribution is 1.36. The average Bonchev–Trinajstić information content (AvgIpc) is 3.34. The lowest BCUT2D eigenvalue weighted by Gasteiger charge is -2.02. The molecule has 0 atom stereocenters. The van der Waals surface area contributed by atoms with Gasteiger partial charge in [-0.3, -0.25) is 0 Å². The van der Waals surface area contributed by atoms with Crippen LogP contribution in [-0.4, -0.2) is 24.5 Å². The molecule has 0 unspecified atom stereocenters. The van der Waals surface area contributed by atoms with Gasteiger partial charge in [0.25, 0.3) is 0 Å². The molecule has 7 rings (SSSR count). The van der Waals surface area contributed by atoms with Crippen LogP contribution < -0.4 is 0 Å². The molecule has 0 saturated carbocycles. The van der Waals surface area contributed by atoms with Gasteiger partial charge in [0.1, 0.15) is 0 Å². The molecular weight excluding hydrogens is 343 g/mol. The van der Waals surface area contributed by atoms with Crippen LogP contribution in [0.2, 0.25) is 0 Å². The second kappa shape index (κ2) is 4.64. The van der Waals surface area contributed by atoms with Crippen LogP contribution in [0.3, 0.4) is 0 Å². The van der Waals surface area contributed by atoms with Crippen LogP contribution in [0.15, 0.2) is 78.9 Å². The van der Waals surface area contributed by atoms with E-state index in [4.69, 9.17) is 0 Å². The van der Waals surface area contributed by atoms with Gasteiger partial charge in [-0.25, -0.2) is 0 Å². The minimum absolute atomic E-state index is 1.25. The van der Waals surface area contributed by atoms with Gasteiger partial charge >= 0.3 is 16.5 Å². The Kier molecular flexibility index (Phi) is 2.43. The number of nitrogens with zero attached hydrogens (tertiary/aromatic N) is 2. The molecule has 3 heteroatoms. The van der Waals surface area contributed by atoms with E-state index < -0.39 is 0 Å². The molecule has 7 aromatic rings. The summed E-state index contributed by atoms with van der Waals surface area (Å²) in [6.45, 7) is 0. The first-order valence-corrected chi connectivity index (χ1v) is 9.70. The molecule has 0 amide bonds. The highest BCUT2D eigenvalue weighted by Crippen LogP contribution is 2.43. The fourth-order valence-electron chi connectivity index (χ4n) is 5.01. The smallest absolute Gasteiger partial charge is 0.318 e.